The average molecular weight is 821 g/mol. The van der Waals surface area contributed by atoms with Gasteiger partial charge < -0.3 is 9.47 Å². The molecule has 0 bridgehead atoms. The van der Waals surface area contributed by atoms with E-state index in [1.54, 1.807) is 0 Å². The van der Waals surface area contributed by atoms with Gasteiger partial charge in [-0.05, 0) is 110 Å². The van der Waals surface area contributed by atoms with E-state index in [4.69, 9.17) is 0 Å². The lowest BCUT2D eigenvalue weighted by Crippen LogP contribution is -2.32. The Kier molecular flexibility index (Phi) is 8.16. The monoisotopic (exact) mass is 820 g/mol. The first-order valence-corrected chi connectivity index (χ1v) is 22.6. The molecular weight excluding hydrogens is 781 g/mol. The largest absolute Gasteiger partial charge is 0.336 e. The van der Waals surface area contributed by atoms with Crippen LogP contribution in [0, 0.1) is 0 Å². The molecule has 13 rings (SSSR count). The van der Waals surface area contributed by atoms with Crippen molar-refractivity contribution in [3.05, 3.63) is 258 Å². The van der Waals surface area contributed by atoms with Gasteiger partial charge in [0.1, 0.15) is 0 Å². The fraction of sp³-hybridized carbons (Fsp3) is 0.0333. The number of para-hydroxylation sites is 3. The fourth-order valence-corrected chi connectivity index (χ4v) is 12.1. The predicted molar refractivity (Wildman–Crippen MR) is 264 cm³/mol. The zero-order chi connectivity index (χ0) is 41.5. The van der Waals surface area contributed by atoms with Crippen LogP contribution < -0.4 is 4.90 Å². The van der Waals surface area contributed by atoms with Gasteiger partial charge in [-0.3, -0.25) is 0 Å². The lowest BCUT2D eigenvalue weighted by molar-refractivity contribution is 0.722. The van der Waals surface area contributed by atoms with Crippen molar-refractivity contribution in [1.82, 2.24) is 4.57 Å². The van der Waals surface area contributed by atoms with E-state index in [1.807, 2.05) is 11.8 Å². The first-order chi connectivity index (χ1) is 31.3. The van der Waals surface area contributed by atoms with Crippen molar-refractivity contribution in [2.24, 2.45) is 0 Å². The molecule has 1 spiro atoms. The van der Waals surface area contributed by atoms with Crippen molar-refractivity contribution in [2.45, 2.75) is 21.8 Å². The molecule has 10 aromatic carbocycles. The highest BCUT2D eigenvalue weighted by molar-refractivity contribution is 7.99. The average Bonchev–Trinajstić information content (AvgIpc) is 3.85. The Morgan fingerprint density at radius 1 is 0.429 bits per heavy atom. The molecule has 11 aromatic rings. The Morgan fingerprint density at radius 3 is 1.86 bits per heavy atom. The summed E-state index contributed by atoms with van der Waals surface area (Å²) in [6.07, 6.45) is 0. The summed E-state index contributed by atoms with van der Waals surface area (Å²) in [6.45, 7) is 0.659. The van der Waals surface area contributed by atoms with E-state index < -0.39 is 5.41 Å². The van der Waals surface area contributed by atoms with Crippen LogP contribution in [0.2, 0.25) is 0 Å². The van der Waals surface area contributed by atoms with Crippen LogP contribution in [0.4, 0.5) is 11.4 Å². The Hall–Kier alpha value is -7.59. The standard InChI is InChI=1S/C60H40N2S/c1-3-18-40(19-4-1)45-24-9-13-30-53(45)61(44-35-37-55-48(38-44)47-26-10-14-31-54(47)62(55)43-22-5-2-6-23-43)39-42-21-17-29-51-58(42)59-46-25-8-7-20-41(46)34-36-52(59)60(51)49-27-11-15-32-56(49)63-57-33-16-12-28-50(57)60/h1-38H,39H2. The van der Waals surface area contributed by atoms with Crippen LogP contribution in [0.1, 0.15) is 27.8 Å². The third-order valence-electron chi connectivity index (χ3n) is 13.5. The number of anilines is 2. The molecule has 2 nitrogen and oxygen atoms in total. The number of rotatable bonds is 6. The van der Waals surface area contributed by atoms with E-state index in [9.17, 15) is 0 Å². The minimum Gasteiger partial charge on any atom is -0.336 e. The van der Waals surface area contributed by atoms with Crippen molar-refractivity contribution in [1.29, 1.82) is 0 Å². The van der Waals surface area contributed by atoms with Crippen LogP contribution in [0.15, 0.2) is 240 Å². The summed E-state index contributed by atoms with van der Waals surface area (Å²) >= 11 is 1.90. The molecule has 3 heteroatoms. The van der Waals surface area contributed by atoms with Crippen molar-refractivity contribution in [3.8, 4) is 27.9 Å². The predicted octanol–water partition coefficient (Wildman–Crippen LogP) is 15.8. The summed E-state index contributed by atoms with van der Waals surface area (Å²) < 4.78 is 2.40. The first-order valence-electron chi connectivity index (χ1n) is 21.8. The van der Waals surface area contributed by atoms with Gasteiger partial charge in [0.05, 0.1) is 16.4 Å². The van der Waals surface area contributed by atoms with Gasteiger partial charge in [0.25, 0.3) is 0 Å². The molecule has 296 valence electrons. The first kappa shape index (κ1) is 36.1. The van der Waals surface area contributed by atoms with E-state index in [0.29, 0.717) is 6.54 Å². The van der Waals surface area contributed by atoms with Gasteiger partial charge in [-0.2, -0.15) is 0 Å². The SMILES string of the molecule is c1ccc(-c2ccccc2N(Cc2cccc3c2-c2c(ccc4ccccc24)C32c3ccccc3Sc3ccccc32)c2ccc3c(c2)c2ccccc2n3-c2ccccc2)cc1. The fourth-order valence-electron chi connectivity index (χ4n) is 11.0. The van der Waals surface area contributed by atoms with E-state index >= 15 is 0 Å². The van der Waals surface area contributed by atoms with Crippen molar-refractivity contribution < 1.29 is 0 Å². The molecule has 1 aromatic heterocycles. The van der Waals surface area contributed by atoms with E-state index in [0.717, 1.165) is 11.4 Å². The zero-order valence-electron chi connectivity index (χ0n) is 34.4. The molecule has 1 aliphatic carbocycles. The Bertz CT molecular complexity index is 3540. The van der Waals surface area contributed by atoms with Crippen LogP contribution >= 0.6 is 11.8 Å². The molecular formula is C60H40N2S. The summed E-state index contributed by atoms with van der Waals surface area (Å²) in [5.41, 5.74) is 17.2. The van der Waals surface area contributed by atoms with Crippen molar-refractivity contribution in [2.75, 3.05) is 4.90 Å². The Balaban J connectivity index is 1.09. The molecule has 0 atom stereocenters. The summed E-state index contributed by atoms with van der Waals surface area (Å²) in [6, 6.07) is 85.6. The molecule has 0 amide bonds. The maximum absolute atomic E-state index is 2.57. The molecule has 0 fully saturated rings. The number of nitrogens with zero attached hydrogens (tertiary/aromatic N) is 2. The molecule has 2 aliphatic rings. The van der Waals surface area contributed by atoms with Gasteiger partial charge in [-0.1, -0.05) is 188 Å². The van der Waals surface area contributed by atoms with Gasteiger partial charge >= 0.3 is 0 Å². The van der Waals surface area contributed by atoms with Crippen molar-refractivity contribution in [3.63, 3.8) is 0 Å². The molecule has 0 N–H and O–H groups in total. The van der Waals surface area contributed by atoms with Crippen LogP contribution in [-0.2, 0) is 12.0 Å². The third-order valence-corrected chi connectivity index (χ3v) is 14.7. The van der Waals surface area contributed by atoms with Gasteiger partial charge in [0.15, 0.2) is 0 Å². The number of benzene rings is 10. The third kappa shape index (κ3) is 5.33. The normalized spacial score (nSPS) is 13.2. The van der Waals surface area contributed by atoms with E-state index in [2.05, 4.69) is 240 Å². The summed E-state index contributed by atoms with van der Waals surface area (Å²) in [5, 5.41) is 5.02. The highest BCUT2D eigenvalue weighted by Crippen LogP contribution is 2.64. The molecule has 0 saturated carbocycles. The quantitative estimate of drug-likeness (QED) is 0.165. The second-order valence-corrected chi connectivity index (χ2v) is 17.8. The second-order valence-electron chi connectivity index (χ2n) is 16.8. The van der Waals surface area contributed by atoms with Crippen LogP contribution in [0.3, 0.4) is 0 Å². The highest BCUT2D eigenvalue weighted by Gasteiger charge is 2.51. The van der Waals surface area contributed by atoms with E-state index in [-0.39, 0.29) is 0 Å². The topological polar surface area (TPSA) is 8.17 Å². The van der Waals surface area contributed by atoms with Gasteiger partial charge in [-0.15, -0.1) is 0 Å². The molecule has 2 heterocycles. The molecule has 0 unspecified atom stereocenters. The number of hydrogen-bond acceptors (Lipinski definition) is 2. The highest BCUT2D eigenvalue weighted by atomic mass is 32.2. The second kappa shape index (κ2) is 14.2. The summed E-state index contributed by atoms with van der Waals surface area (Å²) in [7, 11) is 0. The van der Waals surface area contributed by atoms with Gasteiger partial charge in [0.2, 0.25) is 0 Å². The lowest BCUT2D eigenvalue weighted by Gasteiger charge is -2.39. The van der Waals surface area contributed by atoms with Gasteiger partial charge in [0, 0.05) is 49.7 Å². The molecule has 63 heavy (non-hydrogen) atoms. The minimum atomic E-state index is -0.478. The summed E-state index contributed by atoms with van der Waals surface area (Å²) in [5.74, 6) is 0. The number of hydrogen-bond donors (Lipinski definition) is 0. The molecule has 1 aliphatic heterocycles. The number of aromatic nitrogens is 1. The lowest BCUT2D eigenvalue weighted by atomic mass is 9.67. The van der Waals surface area contributed by atoms with Crippen LogP contribution in [0.5, 0.6) is 0 Å². The summed E-state index contributed by atoms with van der Waals surface area (Å²) in [4.78, 5) is 5.20. The smallest absolute Gasteiger partial charge is 0.0735 e. The minimum absolute atomic E-state index is 0.478. The zero-order valence-corrected chi connectivity index (χ0v) is 35.3. The Labute approximate surface area is 371 Å². The number of fused-ring (bicyclic) bond motifs is 14. The molecule has 0 saturated heterocycles. The maximum Gasteiger partial charge on any atom is 0.0735 e. The Morgan fingerprint density at radius 2 is 1.05 bits per heavy atom. The van der Waals surface area contributed by atoms with Crippen LogP contribution in [-0.4, -0.2) is 4.57 Å². The molecule has 0 radical (unpaired) electrons. The van der Waals surface area contributed by atoms with E-state index in [1.165, 1.54) is 98.1 Å². The van der Waals surface area contributed by atoms with Crippen molar-refractivity contribution >= 4 is 55.7 Å². The maximum atomic E-state index is 2.57. The van der Waals surface area contributed by atoms with Crippen LogP contribution in [0.25, 0.3) is 60.5 Å². The van der Waals surface area contributed by atoms with Gasteiger partial charge in [-0.25, -0.2) is 0 Å².